The van der Waals surface area contributed by atoms with Crippen molar-refractivity contribution in [1.29, 1.82) is 0 Å². The predicted molar refractivity (Wildman–Crippen MR) is 138 cm³/mol. The summed E-state index contributed by atoms with van der Waals surface area (Å²) in [5.74, 6) is 3.00. The van der Waals surface area contributed by atoms with E-state index >= 15 is 0 Å². The Kier molecular flexibility index (Phi) is 7.35. The van der Waals surface area contributed by atoms with Gasteiger partial charge in [0, 0.05) is 5.56 Å². The molecule has 0 atom stereocenters. The summed E-state index contributed by atoms with van der Waals surface area (Å²) in [7, 11) is 4.97. The van der Waals surface area contributed by atoms with Gasteiger partial charge in [0.2, 0.25) is 0 Å². The Balaban J connectivity index is 1.72. The fourth-order valence-corrected chi connectivity index (χ4v) is 3.40. The summed E-state index contributed by atoms with van der Waals surface area (Å²) in [5.41, 5.74) is 4.51. The van der Waals surface area contributed by atoms with Crippen LogP contribution in [0, 0.1) is 0 Å². The molecular weight excluding hydrogens is 424 g/mol. The molecule has 0 aliphatic carbocycles. The van der Waals surface area contributed by atoms with E-state index in [0.717, 1.165) is 45.3 Å². The largest absolute Gasteiger partial charge is 0.497 e. The number of ether oxygens (including phenoxy) is 3. The molecule has 0 radical (unpaired) electrons. The van der Waals surface area contributed by atoms with E-state index in [1.807, 2.05) is 103 Å². The average Bonchev–Trinajstić information content (AvgIpc) is 2.91. The maximum absolute atomic E-state index is 5.38. The van der Waals surface area contributed by atoms with Crippen molar-refractivity contribution in [1.82, 2.24) is 9.97 Å². The Labute approximate surface area is 200 Å². The molecule has 1 aromatic heterocycles. The van der Waals surface area contributed by atoms with Crippen LogP contribution in [0.15, 0.2) is 78.9 Å². The Bertz CT molecular complexity index is 1250. The van der Waals surface area contributed by atoms with Gasteiger partial charge in [-0.15, -0.1) is 0 Å². The molecule has 5 heteroatoms. The van der Waals surface area contributed by atoms with Crippen LogP contribution in [-0.4, -0.2) is 31.3 Å². The van der Waals surface area contributed by atoms with Crippen molar-refractivity contribution in [3.63, 3.8) is 0 Å². The highest BCUT2D eigenvalue weighted by molar-refractivity contribution is 5.74. The summed E-state index contributed by atoms with van der Waals surface area (Å²) in [6, 6.07) is 25.5. The highest BCUT2D eigenvalue weighted by Gasteiger charge is 2.06. The molecule has 0 saturated heterocycles. The van der Waals surface area contributed by atoms with Crippen LogP contribution < -0.4 is 14.2 Å². The molecule has 1 heterocycles. The van der Waals surface area contributed by atoms with Gasteiger partial charge in [-0.2, -0.15) is 0 Å². The third kappa shape index (κ3) is 5.90. The lowest BCUT2D eigenvalue weighted by atomic mass is 10.1. The van der Waals surface area contributed by atoms with Gasteiger partial charge in [0.15, 0.2) is 5.82 Å². The molecule has 170 valence electrons. The van der Waals surface area contributed by atoms with Crippen LogP contribution in [0.5, 0.6) is 17.2 Å². The molecule has 0 fully saturated rings. The summed E-state index contributed by atoms with van der Waals surface area (Å²) in [6.07, 6.45) is 7.97. The van der Waals surface area contributed by atoms with Crippen LogP contribution in [0.3, 0.4) is 0 Å². The van der Waals surface area contributed by atoms with Gasteiger partial charge < -0.3 is 14.2 Å². The summed E-state index contributed by atoms with van der Waals surface area (Å²) < 4.78 is 16.0. The monoisotopic (exact) mass is 450 g/mol. The highest BCUT2D eigenvalue weighted by Crippen LogP contribution is 2.23. The van der Waals surface area contributed by atoms with Crippen molar-refractivity contribution < 1.29 is 14.2 Å². The highest BCUT2D eigenvalue weighted by atomic mass is 16.5. The molecule has 0 aliphatic heterocycles. The Morgan fingerprint density at radius 2 is 1.00 bits per heavy atom. The van der Waals surface area contributed by atoms with Crippen molar-refractivity contribution in [2.24, 2.45) is 0 Å². The minimum atomic E-state index is 0.622. The van der Waals surface area contributed by atoms with Crippen molar-refractivity contribution >= 4 is 24.3 Å². The molecule has 34 heavy (non-hydrogen) atoms. The van der Waals surface area contributed by atoms with Gasteiger partial charge >= 0.3 is 0 Å². The Hall–Kier alpha value is -4.38. The minimum absolute atomic E-state index is 0.622. The molecule has 0 saturated carbocycles. The van der Waals surface area contributed by atoms with Gasteiger partial charge in [-0.05, 0) is 65.7 Å². The fourth-order valence-electron chi connectivity index (χ4n) is 3.40. The number of nitrogens with zero attached hydrogens (tertiary/aromatic N) is 2. The van der Waals surface area contributed by atoms with E-state index < -0.39 is 0 Å². The lowest BCUT2D eigenvalue weighted by Crippen LogP contribution is -1.95. The van der Waals surface area contributed by atoms with E-state index in [-0.39, 0.29) is 0 Å². The summed E-state index contributed by atoms with van der Waals surface area (Å²) in [5, 5.41) is 0. The van der Waals surface area contributed by atoms with Crippen molar-refractivity contribution in [2.45, 2.75) is 0 Å². The molecule has 0 bridgehead atoms. The summed E-state index contributed by atoms with van der Waals surface area (Å²) >= 11 is 0. The number of rotatable bonds is 8. The molecule has 0 spiro atoms. The van der Waals surface area contributed by atoms with Gasteiger partial charge in [0.25, 0.3) is 0 Å². The first-order chi connectivity index (χ1) is 16.7. The molecule has 0 aliphatic rings. The average molecular weight is 451 g/mol. The maximum Gasteiger partial charge on any atom is 0.160 e. The van der Waals surface area contributed by atoms with E-state index in [2.05, 4.69) is 0 Å². The lowest BCUT2D eigenvalue weighted by molar-refractivity contribution is 0.414. The summed E-state index contributed by atoms with van der Waals surface area (Å²) in [6.45, 7) is 0. The Morgan fingerprint density at radius 3 is 1.50 bits per heavy atom. The quantitative estimate of drug-likeness (QED) is 0.306. The number of methoxy groups -OCH3 is 3. The standard InChI is InChI=1S/C29H26N2O3/c1-32-26-10-4-7-21(17-26)13-15-24-20-25(16-14-22-8-5-11-27(18-22)33-2)31-29(30-24)23-9-6-12-28(19-23)34-3/h4-20H,1-3H3/b15-13-,16-14+. The first-order valence-electron chi connectivity index (χ1n) is 10.8. The summed E-state index contributed by atoms with van der Waals surface area (Å²) in [4.78, 5) is 9.56. The van der Waals surface area contributed by atoms with Crippen molar-refractivity contribution in [3.8, 4) is 28.6 Å². The van der Waals surface area contributed by atoms with Gasteiger partial charge in [0.05, 0.1) is 32.7 Å². The topological polar surface area (TPSA) is 53.5 Å². The molecule has 0 amide bonds. The molecule has 0 unspecified atom stereocenters. The second-order valence-electron chi connectivity index (χ2n) is 7.49. The number of hydrogen-bond acceptors (Lipinski definition) is 5. The first kappa shape index (κ1) is 22.8. The van der Waals surface area contributed by atoms with Crippen molar-refractivity contribution in [2.75, 3.05) is 21.3 Å². The van der Waals surface area contributed by atoms with E-state index in [4.69, 9.17) is 24.2 Å². The zero-order valence-electron chi connectivity index (χ0n) is 19.4. The Morgan fingerprint density at radius 1 is 0.529 bits per heavy atom. The first-order valence-corrected chi connectivity index (χ1v) is 10.8. The zero-order chi connectivity index (χ0) is 23.8. The third-order valence-corrected chi connectivity index (χ3v) is 5.17. The number of hydrogen-bond donors (Lipinski definition) is 0. The SMILES string of the molecule is COc1cccc(/C=C\c2cc(/C=C/c3cccc(OC)c3)nc(-c3cccc(OC)c3)n2)c1. The molecule has 4 aromatic rings. The lowest BCUT2D eigenvalue weighted by Gasteiger charge is -2.06. The number of aromatic nitrogens is 2. The van der Waals surface area contributed by atoms with Crippen LogP contribution in [0.4, 0.5) is 0 Å². The zero-order valence-corrected chi connectivity index (χ0v) is 19.4. The van der Waals surface area contributed by atoms with Crippen LogP contribution >= 0.6 is 0 Å². The maximum atomic E-state index is 5.38. The normalized spacial score (nSPS) is 11.1. The second kappa shape index (κ2) is 11.0. The fraction of sp³-hybridized carbons (Fsp3) is 0.103. The van der Waals surface area contributed by atoms with Gasteiger partial charge in [0.1, 0.15) is 17.2 Å². The third-order valence-electron chi connectivity index (χ3n) is 5.17. The van der Waals surface area contributed by atoms with E-state index in [1.54, 1.807) is 21.3 Å². The van der Waals surface area contributed by atoms with Gasteiger partial charge in [-0.1, -0.05) is 48.6 Å². The second-order valence-corrected chi connectivity index (χ2v) is 7.49. The van der Waals surface area contributed by atoms with E-state index in [9.17, 15) is 0 Å². The minimum Gasteiger partial charge on any atom is -0.497 e. The predicted octanol–water partition coefficient (Wildman–Crippen LogP) is 6.51. The smallest absolute Gasteiger partial charge is 0.160 e. The van der Waals surface area contributed by atoms with Gasteiger partial charge in [-0.25, -0.2) is 9.97 Å². The molecule has 4 rings (SSSR count). The molecule has 3 aromatic carbocycles. The number of benzene rings is 3. The van der Waals surface area contributed by atoms with Gasteiger partial charge in [-0.3, -0.25) is 0 Å². The van der Waals surface area contributed by atoms with Crippen LogP contribution in [0.2, 0.25) is 0 Å². The van der Waals surface area contributed by atoms with E-state index in [0.29, 0.717) is 5.82 Å². The van der Waals surface area contributed by atoms with Crippen LogP contribution in [0.25, 0.3) is 35.7 Å². The van der Waals surface area contributed by atoms with E-state index in [1.165, 1.54) is 0 Å². The molecule has 0 N–H and O–H groups in total. The van der Waals surface area contributed by atoms with Crippen LogP contribution in [-0.2, 0) is 0 Å². The molecule has 5 nitrogen and oxygen atoms in total. The van der Waals surface area contributed by atoms with Crippen LogP contribution in [0.1, 0.15) is 22.5 Å². The van der Waals surface area contributed by atoms with Crippen molar-refractivity contribution in [3.05, 3.63) is 101 Å². The molecular formula is C29H26N2O3.